The van der Waals surface area contributed by atoms with E-state index in [2.05, 4.69) is 9.97 Å². The van der Waals surface area contributed by atoms with E-state index in [0.717, 1.165) is 6.07 Å². The lowest BCUT2D eigenvalue weighted by molar-refractivity contribution is -0.141. The number of halogens is 4. The number of carboxylic acid groups (broad SMARTS) is 1. The number of aromatic carboxylic acids is 1. The van der Waals surface area contributed by atoms with Gasteiger partial charge in [-0.3, -0.25) is 0 Å². The maximum absolute atomic E-state index is 13.4. The molecule has 0 fully saturated rings. The number of carbonyl (C=O) groups is 1. The molecule has 9 heteroatoms. The van der Waals surface area contributed by atoms with Gasteiger partial charge < -0.3 is 10.2 Å². The standard InChI is InChI=1S/C11H6F4N2O3/c12-6-2-4-1-5(10(19)20)8(11(13,14)15)17-9(4)16-7(6)3-18/h1-2,18H,3H2,(H,19,20). The summed E-state index contributed by atoms with van der Waals surface area (Å²) in [6, 6.07) is 1.41. The minimum Gasteiger partial charge on any atom is -0.478 e. The van der Waals surface area contributed by atoms with Crippen LogP contribution in [-0.2, 0) is 12.8 Å². The van der Waals surface area contributed by atoms with Gasteiger partial charge in [0.25, 0.3) is 0 Å². The Balaban J connectivity index is 2.82. The largest absolute Gasteiger partial charge is 0.478 e. The van der Waals surface area contributed by atoms with E-state index in [1.54, 1.807) is 0 Å². The number of rotatable bonds is 2. The van der Waals surface area contributed by atoms with Gasteiger partial charge in [0, 0.05) is 5.39 Å². The fraction of sp³-hybridized carbons (Fsp3) is 0.182. The number of nitrogens with zero attached hydrogens (tertiary/aromatic N) is 2. The molecular formula is C11H6F4N2O3. The van der Waals surface area contributed by atoms with Gasteiger partial charge in [-0.15, -0.1) is 0 Å². The fourth-order valence-electron chi connectivity index (χ4n) is 1.61. The second-order valence-corrected chi connectivity index (χ2v) is 3.81. The van der Waals surface area contributed by atoms with E-state index in [9.17, 15) is 22.4 Å². The third-order valence-corrected chi connectivity index (χ3v) is 2.48. The molecule has 0 aliphatic heterocycles. The minimum atomic E-state index is -4.99. The predicted molar refractivity (Wildman–Crippen MR) is 57.4 cm³/mol. The zero-order valence-corrected chi connectivity index (χ0v) is 9.57. The highest BCUT2D eigenvalue weighted by Crippen LogP contribution is 2.32. The van der Waals surface area contributed by atoms with Crippen LogP contribution in [0.2, 0.25) is 0 Å². The molecule has 2 rings (SSSR count). The van der Waals surface area contributed by atoms with E-state index in [1.807, 2.05) is 0 Å². The number of pyridine rings is 2. The molecule has 5 nitrogen and oxygen atoms in total. The van der Waals surface area contributed by atoms with Gasteiger partial charge in [-0.1, -0.05) is 0 Å². The first-order valence-electron chi connectivity index (χ1n) is 5.15. The van der Waals surface area contributed by atoms with Gasteiger partial charge in [0.2, 0.25) is 0 Å². The molecule has 0 unspecified atom stereocenters. The second-order valence-electron chi connectivity index (χ2n) is 3.81. The molecule has 0 aliphatic carbocycles. The molecule has 0 amide bonds. The van der Waals surface area contributed by atoms with Crippen LogP contribution in [0.4, 0.5) is 17.6 Å². The lowest BCUT2D eigenvalue weighted by atomic mass is 10.1. The van der Waals surface area contributed by atoms with Crippen molar-refractivity contribution < 1.29 is 32.6 Å². The maximum Gasteiger partial charge on any atom is 0.434 e. The van der Waals surface area contributed by atoms with Crippen molar-refractivity contribution in [2.75, 3.05) is 0 Å². The van der Waals surface area contributed by atoms with Crippen LogP contribution < -0.4 is 0 Å². The summed E-state index contributed by atoms with van der Waals surface area (Å²) in [5.74, 6) is -2.80. The van der Waals surface area contributed by atoms with E-state index in [0.29, 0.717) is 6.07 Å². The molecule has 2 aromatic heterocycles. The van der Waals surface area contributed by atoms with Crippen molar-refractivity contribution in [3.8, 4) is 0 Å². The zero-order chi connectivity index (χ0) is 15.1. The Morgan fingerprint density at radius 1 is 1.25 bits per heavy atom. The van der Waals surface area contributed by atoms with Crippen LogP contribution in [-0.4, -0.2) is 26.2 Å². The van der Waals surface area contributed by atoms with Gasteiger partial charge in [-0.05, 0) is 12.1 Å². The van der Waals surface area contributed by atoms with E-state index in [1.165, 1.54) is 0 Å². The topological polar surface area (TPSA) is 83.3 Å². The van der Waals surface area contributed by atoms with Crippen LogP contribution >= 0.6 is 0 Å². The van der Waals surface area contributed by atoms with Crippen LogP contribution in [0.15, 0.2) is 12.1 Å². The molecule has 0 atom stereocenters. The highest BCUT2D eigenvalue weighted by molar-refractivity contribution is 5.93. The molecule has 0 saturated heterocycles. The summed E-state index contributed by atoms with van der Waals surface area (Å²) in [6.07, 6.45) is -4.99. The first-order chi connectivity index (χ1) is 9.24. The van der Waals surface area contributed by atoms with Crippen LogP contribution in [0, 0.1) is 5.82 Å². The molecular weight excluding hydrogens is 284 g/mol. The zero-order valence-electron chi connectivity index (χ0n) is 9.57. The van der Waals surface area contributed by atoms with Crippen molar-refractivity contribution in [2.24, 2.45) is 0 Å². The summed E-state index contributed by atoms with van der Waals surface area (Å²) >= 11 is 0. The smallest absolute Gasteiger partial charge is 0.434 e. The molecule has 20 heavy (non-hydrogen) atoms. The molecule has 0 radical (unpaired) electrons. The Morgan fingerprint density at radius 3 is 2.40 bits per heavy atom. The lowest BCUT2D eigenvalue weighted by Crippen LogP contribution is -2.16. The molecule has 2 heterocycles. The average molecular weight is 290 g/mol. The van der Waals surface area contributed by atoms with E-state index >= 15 is 0 Å². The Kier molecular flexibility index (Phi) is 3.30. The summed E-state index contributed by atoms with van der Waals surface area (Å²) in [5, 5.41) is 17.4. The molecule has 0 aromatic carbocycles. The Morgan fingerprint density at radius 2 is 1.90 bits per heavy atom. The van der Waals surface area contributed by atoms with Crippen molar-refractivity contribution in [3.05, 3.63) is 34.9 Å². The normalized spacial score (nSPS) is 11.8. The van der Waals surface area contributed by atoms with Crippen molar-refractivity contribution in [1.82, 2.24) is 9.97 Å². The van der Waals surface area contributed by atoms with Gasteiger partial charge in [0.1, 0.15) is 11.5 Å². The van der Waals surface area contributed by atoms with Crippen molar-refractivity contribution in [1.29, 1.82) is 0 Å². The van der Waals surface area contributed by atoms with Crippen LogP contribution in [0.3, 0.4) is 0 Å². The van der Waals surface area contributed by atoms with E-state index in [-0.39, 0.29) is 5.39 Å². The molecule has 0 saturated carbocycles. The highest BCUT2D eigenvalue weighted by atomic mass is 19.4. The first kappa shape index (κ1) is 14.1. The summed E-state index contributed by atoms with van der Waals surface area (Å²) in [6.45, 7) is -0.814. The van der Waals surface area contributed by atoms with Gasteiger partial charge in [0.15, 0.2) is 11.3 Å². The quantitative estimate of drug-likeness (QED) is 0.826. The number of alkyl halides is 3. The summed E-state index contributed by atoms with van der Waals surface area (Å²) in [5.41, 5.74) is -3.68. The summed E-state index contributed by atoms with van der Waals surface area (Å²) in [4.78, 5) is 17.4. The number of aliphatic hydroxyl groups excluding tert-OH is 1. The molecule has 106 valence electrons. The SMILES string of the molecule is O=C(O)c1cc2cc(F)c(CO)nc2nc1C(F)(F)F. The number of aliphatic hydroxyl groups is 1. The lowest BCUT2D eigenvalue weighted by Gasteiger charge is -2.10. The van der Waals surface area contributed by atoms with Gasteiger partial charge in [-0.25, -0.2) is 19.2 Å². The van der Waals surface area contributed by atoms with Crippen molar-refractivity contribution in [2.45, 2.75) is 12.8 Å². The minimum absolute atomic E-state index is 0.204. The number of carboxylic acids is 1. The maximum atomic E-state index is 13.4. The van der Waals surface area contributed by atoms with E-state index in [4.69, 9.17) is 10.2 Å². The third-order valence-electron chi connectivity index (χ3n) is 2.48. The van der Waals surface area contributed by atoms with Crippen molar-refractivity contribution in [3.63, 3.8) is 0 Å². The van der Waals surface area contributed by atoms with Gasteiger partial charge in [-0.2, -0.15) is 13.2 Å². The monoisotopic (exact) mass is 290 g/mol. The number of hydrogen-bond acceptors (Lipinski definition) is 4. The Bertz CT molecular complexity index is 700. The second kappa shape index (κ2) is 4.67. The summed E-state index contributed by atoms with van der Waals surface area (Å²) < 4.78 is 51.5. The number of aromatic nitrogens is 2. The van der Waals surface area contributed by atoms with Crippen LogP contribution in [0.1, 0.15) is 21.7 Å². The third kappa shape index (κ3) is 2.39. The van der Waals surface area contributed by atoms with E-state index < -0.39 is 47.2 Å². The molecule has 0 aliphatic rings. The fourth-order valence-corrected chi connectivity index (χ4v) is 1.61. The predicted octanol–water partition coefficient (Wildman–Crippen LogP) is 1.98. The molecule has 2 N–H and O–H groups in total. The Hall–Kier alpha value is -2.29. The highest BCUT2D eigenvalue weighted by Gasteiger charge is 2.38. The molecule has 2 aromatic rings. The molecule has 0 spiro atoms. The van der Waals surface area contributed by atoms with Crippen LogP contribution in [0.5, 0.6) is 0 Å². The Labute approximate surface area is 108 Å². The first-order valence-corrected chi connectivity index (χ1v) is 5.15. The van der Waals surface area contributed by atoms with Crippen LogP contribution in [0.25, 0.3) is 11.0 Å². The van der Waals surface area contributed by atoms with Gasteiger partial charge >= 0.3 is 12.1 Å². The molecule has 0 bridgehead atoms. The number of fused-ring (bicyclic) bond motifs is 1. The average Bonchev–Trinajstić information content (AvgIpc) is 2.35. The number of hydrogen-bond donors (Lipinski definition) is 2. The van der Waals surface area contributed by atoms with Crippen molar-refractivity contribution >= 4 is 17.0 Å². The summed E-state index contributed by atoms with van der Waals surface area (Å²) in [7, 11) is 0. The van der Waals surface area contributed by atoms with Gasteiger partial charge in [0.05, 0.1) is 12.2 Å².